The molecule has 0 spiro atoms. The molecule has 0 radical (unpaired) electrons. The first-order valence-electron chi connectivity index (χ1n) is 5.13. The number of aromatic hydroxyl groups is 1. The molecule has 0 aliphatic heterocycles. The maximum absolute atomic E-state index is 9.97. The average Bonchev–Trinajstić information content (AvgIpc) is 2.23. The zero-order valence-electron chi connectivity index (χ0n) is 10.4. The van der Waals surface area contributed by atoms with E-state index >= 15 is 0 Å². The van der Waals surface area contributed by atoms with E-state index in [1.165, 1.54) is 0 Å². The second-order valence-electron chi connectivity index (χ2n) is 4.01. The molecule has 0 saturated heterocycles. The lowest BCUT2D eigenvalue weighted by Gasteiger charge is -2.14. The van der Waals surface area contributed by atoms with Gasteiger partial charge in [-0.1, -0.05) is 0 Å². The van der Waals surface area contributed by atoms with Crippen molar-refractivity contribution >= 4 is 0 Å². The molecular weight excluding hydrogens is 190 g/mol. The zero-order valence-corrected chi connectivity index (χ0v) is 10.4. The van der Waals surface area contributed by atoms with Gasteiger partial charge in [-0.15, -0.1) is 0 Å². The van der Waals surface area contributed by atoms with Crippen LogP contribution < -0.4 is 4.57 Å². The molecule has 0 aliphatic rings. The second kappa shape index (κ2) is 4.19. The molecule has 1 unspecified atom stereocenters. The van der Waals surface area contributed by atoms with Gasteiger partial charge in [0.05, 0.1) is 11.1 Å². The molecule has 0 aromatic carbocycles. The summed E-state index contributed by atoms with van der Waals surface area (Å²) in [6.07, 6.45) is -0.0137. The Morgan fingerprint density at radius 2 is 1.73 bits per heavy atom. The van der Waals surface area contributed by atoms with Crippen LogP contribution in [-0.2, 0) is 11.8 Å². The summed E-state index contributed by atoms with van der Waals surface area (Å²) >= 11 is 0. The maximum Gasteiger partial charge on any atom is 0.216 e. The van der Waals surface area contributed by atoms with Crippen LogP contribution in [0, 0.1) is 20.8 Å². The standard InChI is InChI=1S/C12H19NO2/c1-7-9(3)13(5)11(10(4)15-6)8(2)12(7)14/h10H,1-6H3/p+1. The van der Waals surface area contributed by atoms with Gasteiger partial charge in [0.15, 0.2) is 5.69 Å². The summed E-state index contributed by atoms with van der Waals surface area (Å²) in [5, 5.41) is 9.97. The molecule has 1 rings (SSSR count). The number of methoxy groups -OCH3 is 1. The van der Waals surface area contributed by atoms with E-state index in [2.05, 4.69) is 4.57 Å². The number of nitrogens with zero attached hydrogens (tertiary/aromatic N) is 1. The number of ether oxygens (including phenoxy) is 1. The van der Waals surface area contributed by atoms with Crippen molar-refractivity contribution < 1.29 is 14.4 Å². The quantitative estimate of drug-likeness (QED) is 0.756. The summed E-state index contributed by atoms with van der Waals surface area (Å²) in [6.45, 7) is 7.84. The Labute approximate surface area is 91.3 Å². The number of hydrogen-bond donors (Lipinski definition) is 1. The van der Waals surface area contributed by atoms with Crippen LogP contribution in [0.4, 0.5) is 0 Å². The Bertz CT molecular complexity index is 357. The van der Waals surface area contributed by atoms with Crippen LogP contribution in [0.3, 0.4) is 0 Å². The van der Waals surface area contributed by atoms with E-state index < -0.39 is 0 Å². The van der Waals surface area contributed by atoms with Gasteiger partial charge in [0, 0.05) is 14.0 Å². The molecular formula is C12H20NO2+. The fourth-order valence-electron chi connectivity index (χ4n) is 1.95. The fraction of sp³-hybridized carbons (Fsp3) is 0.583. The van der Waals surface area contributed by atoms with Crippen molar-refractivity contribution in [1.29, 1.82) is 0 Å². The van der Waals surface area contributed by atoms with Crippen LogP contribution in [0.15, 0.2) is 0 Å². The second-order valence-corrected chi connectivity index (χ2v) is 4.01. The third-order valence-corrected chi connectivity index (χ3v) is 3.24. The van der Waals surface area contributed by atoms with Gasteiger partial charge in [-0.3, -0.25) is 0 Å². The minimum Gasteiger partial charge on any atom is -0.507 e. The molecule has 3 heteroatoms. The Balaban J connectivity index is 3.52. The van der Waals surface area contributed by atoms with Crippen molar-refractivity contribution in [2.45, 2.75) is 33.8 Å². The van der Waals surface area contributed by atoms with E-state index in [0.717, 1.165) is 22.5 Å². The molecule has 84 valence electrons. The highest BCUT2D eigenvalue weighted by Crippen LogP contribution is 2.28. The minimum absolute atomic E-state index is 0.0137. The van der Waals surface area contributed by atoms with Gasteiger partial charge in [0.1, 0.15) is 18.9 Å². The fourth-order valence-corrected chi connectivity index (χ4v) is 1.95. The predicted octanol–water partition coefficient (Wildman–Crippen LogP) is 1.85. The van der Waals surface area contributed by atoms with Gasteiger partial charge in [-0.05, 0) is 20.8 Å². The summed E-state index contributed by atoms with van der Waals surface area (Å²) < 4.78 is 7.40. The molecule has 0 amide bonds. The van der Waals surface area contributed by atoms with Crippen molar-refractivity contribution in [1.82, 2.24) is 0 Å². The van der Waals surface area contributed by atoms with Crippen LogP contribution >= 0.6 is 0 Å². The van der Waals surface area contributed by atoms with Gasteiger partial charge in [0.2, 0.25) is 5.69 Å². The molecule has 1 heterocycles. The average molecular weight is 210 g/mol. The van der Waals surface area contributed by atoms with Crippen molar-refractivity contribution in [2.75, 3.05) is 7.11 Å². The highest BCUT2D eigenvalue weighted by Gasteiger charge is 2.25. The molecule has 3 nitrogen and oxygen atoms in total. The normalized spacial score (nSPS) is 12.9. The van der Waals surface area contributed by atoms with Gasteiger partial charge in [-0.25, -0.2) is 0 Å². The van der Waals surface area contributed by atoms with E-state index in [-0.39, 0.29) is 6.10 Å². The van der Waals surface area contributed by atoms with Gasteiger partial charge in [0.25, 0.3) is 0 Å². The summed E-state index contributed by atoms with van der Waals surface area (Å²) in [7, 11) is 3.68. The molecule has 15 heavy (non-hydrogen) atoms. The molecule has 1 aromatic heterocycles. The molecule has 0 bridgehead atoms. The Kier molecular flexibility index (Phi) is 3.35. The number of pyridine rings is 1. The predicted molar refractivity (Wildman–Crippen MR) is 58.9 cm³/mol. The number of hydrogen-bond acceptors (Lipinski definition) is 2. The lowest BCUT2D eigenvalue weighted by molar-refractivity contribution is -0.689. The first-order valence-corrected chi connectivity index (χ1v) is 5.13. The molecule has 0 fully saturated rings. The molecule has 1 aromatic rings. The summed E-state index contributed by atoms with van der Waals surface area (Å²) in [5.41, 5.74) is 3.92. The van der Waals surface area contributed by atoms with Crippen LogP contribution in [0.1, 0.15) is 35.5 Å². The van der Waals surface area contributed by atoms with Crippen LogP contribution in [0.5, 0.6) is 5.75 Å². The zero-order chi connectivity index (χ0) is 11.7. The molecule has 1 atom stereocenters. The van der Waals surface area contributed by atoms with Crippen molar-refractivity contribution in [2.24, 2.45) is 7.05 Å². The van der Waals surface area contributed by atoms with Crippen molar-refractivity contribution in [3.63, 3.8) is 0 Å². The Hall–Kier alpha value is -1.09. The van der Waals surface area contributed by atoms with Crippen LogP contribution in [-0.4, -0.2) is 12.2 Å². The lowest BCUT2D eigenvalue weighted by Crippen LogP contribution is -2.40. The lowest BCUT2D eigenvalue weighted by atomic mass is 10.0. The van der Waals surface area contributed by atoms with E-state index in [1.54, 1.807) is 7.11 Å². The summed E-state index contributed by atoms with van der Waals surface area (Å²) in [6, 6.07) is 0. The first kappa shape index (κ1) is 12.0. The van der Waals surface area contributed by atoms with Crippen molar-refractivity contribution in [3.05, 3.63) is 22.5 Å². The number of aromatic nitrogens is 1. The third kappa shape index (κ3) is 1.84. The van der Waals surface area contributed by atoms with E-state index in [0.29, 0.717) is 5.75 Å². The molecule has 1 N–H and O–H groups in total. The van der Waals surface area contributed by atoms with Crippen LogP contribution in [0.2, 0.25) is 0 Å². The smallest absolute Gasteiger partial charge is 0.216 e. The SMILES string of the molecule is COC(C)c1c(C)c(O)c(C)c(C)[n+]1C. The topological polar surface area (TPSA) is 33.3 Å². The van der Waals surface area contributed by atoms with Gasteiger partial charge < -0.3 is 9.84 Å². The number of rotatable bonds is 2. The van der Waals surface area contributed by atoms with E-state index in [9.17, 15) is 5.11 Å². The van der Waals surface area contributed by atoms with Crippen molar-refractivity contribution in [3.8, 4) is 5.75 Å². The minimum atomic E-state index is -0.0137. The Morgan fingerprint density at radius 3 is 2.20 bits per heavy atom. The summed E-state index contributed by atoms with van der Waals surface area (Å²) in [4.78, 5) is 0. The van der Waals surface area contributed by atoms with Gasteiger partial charge >= 0.3 is 0 Å². The summed E-state index contributed by atoms with van der Waals surface area (Å²) in [5.74, 6) is 0.379. The molecule has 0 saturated carbocycles. The monoisotopic (exact) mass is 210 g/mol. The first-order chi connectivity index (χ1) is 6.91. The maximum atomic E-state index is 9.97. The highest BCUT2D eigenvalue weighted by molar-refractivity contribution is 5.40. The largest absolute Gasteiger partial charge is 0.507 e. The molecule has 0 aliphatic carbocycles. The highest BCUT2D eigenvalue weighted by atomic mass is 16.5. The third-order valence-electron chi connectivity index (χ3n) is 3.24. The Morgan fingerprint density at radius 1 is 1.20 bits per heavy atom. The van der Waals surface area contributed by atoms with E-state index in [4.69, 9.17) is 4.74 Å². The van der Waals surface area contributed by atoms with E-state index in [1.807, 2.05) is 34.7 Å². The van der Waals surface area contributed by atoms with Gasteiger partial charge in [-0.2, -0.15) is 4.57 Å². The van der Waals surface area contributed by atoms with Crippen LogP contribution in [0.25, 0.3) is 0 Å².